The highest BCUT2D eigenvalue weighted by molar-refractivity contribution is 7.89. The third-order valence-corrected chi connectivity index (χ3v) is 8.99. The van der Waals surface area contributed by atoms with Crippen LogP contribution in [0.15, 0.2) is 29.2 Å². The van der Waals surface area contributed by atoms with Gasteiger partial charge in [0.15, 0.2) is 0 Å². The second-order valence-corrected chi connectivity index (χ2v) is 11.3. The van der Waals surface area contributed by atoms with E-state index in [2.05, 4.69) is 4.74 Å². The van der Waals surface area contributed by atoms with Gasteiger partial charge < -0.3 is 9.47 Å². The summed E-state index contributed by atoms with van der Waals surface area (Å²) in [6.45, 7) is 4.35. The van der Waals surface area contributed by atoms with Crippen LogP contribution in [0.4, 0.5) is 0 Å². The molecule has 0 aliphatic carbocycles. The number of sulfonamides is 1. The number of ether oxygens (including phenoxy) is 2. The lowest BCUT2D eigenvalue weighted by atomic mass is 10.2. The number of piperazine rings is 1. The third-order valence-electron chi connectivity index (χ3n) is 5.13. The van der Waals surface area contributed by atoms with E-state index < -0.39 is 26.2 Å². The Morgan fingerprint density at radius 3 is 2.10 bits per heavy atom. The molecule has 168 valence electrons. The molecule has 10 nitrogen and oxygen atoms in total. The molecule has 2 fully saturated rings. The maximum atomic E-state index is 13.0. The van der Waals surface area contributed by atoms with Crippen LogP contribution in [0.3, 0.4) is 0 Å². The fraction of sp³-hybridized carbons (Fsp3) is 0.611. The Balaban J connectivity index is 1.71. The van der Waals surface area contributed by atoms with Crippen LogP contribution in [0.25, 0.3) is 0 Å². The molecule has 3 rings (SSSR count). The summed E-state index contributed by atoms with van der Waals surface area (Å²) in [5.41, 5.74) is 0.135. The van der Waals surface area contributed by atoms with E-state index in [0.29, 0.717) is 0 Å². The van der Waals surface area contributed by atoms with Crippen molar-refractivity contribution in [1.82, 2.24) is 12.9 Å². The average Bonchev–Trinajstić information content (AvgIpc) is 2.72. The fourth-order valence-electron chi connectivity index (χ4n) is 3.67. The van der Waals surface area contributed by atoms with Gasteiger partial charge in [0.25, 0.3) is 10.2 Å². The Kier molecular flexibility index (Phi) is 6.84. The molecule has 0 aromatic heterocycles. The Labute approximate surface area is 177 Å². The van der Waals surface area contributed by atoms with Gasteiger partial charge in [-0.1, -0.05) is 6.07 Å². The largest absolute Gasteiger partial charge is 0.465 e. The normalized spacial score (nSPS) is 25.2. The molecule has 0 radical (unpaired) electrons. The van der Waals surface area contributed by atoms with E-state index in [1.807, 2.05) is 13.8 Å². The minimum Gasteiger partial charge on any atom is -0.465 e. The summed E-state index contributed by atoms with van der Waals surface area (Å²) in [6.07, 6.45) is -0.403. The predicted molar refractivity (Wildman–Crippen MR) is 109 cm³/mol. The quantitative estimate of drug-likeness (QED) is 0.573. The third kappa shape index (κ3) is 4.68. The van der Waals surface area contributed by atoms with Gasteiger partial charge in [0.05, 0.1) is 29.8 Å². The Morgan fingerprint density at radius 1 is 0.967 bits per heavy atom. The van der Waals surface area contributed by atoms with Crippen molar-refractivity contribution in [3.05, 3.63) is 29.8 Å². The van der Waals surface area contributed by atoms with Gasteiger partial charge in [0.2, 0.25) is 10.0 Å². The van der Waals surface area contributed by atoms with Gasteiger partial charge in [0.1, 0.15) is 0 Å². The summed E-state index contributed by atoms with van der Waals surface area (Å²) in [4.78, 5) is 11.7. The highest BCUT2D eigenvalue weighted by atomic mass is 32.2. The van der Waals surface area contributed by atoms with Crippen molar-refractivity contribution in [2.45, 2.75) is 31.0 Å². The summed E-state index contributed by atoms with van der Waals surface area (Å²) < 4.78 is 66.1. The molecule has 30 heavy (non-hydrogen) atoms. The summed E-state index contributed by atoms with van der Waals surface area (Å²) in [5, 5.41) is 0. The Morgan fingerprint density at radius 2 is 1.53 bits per heavy atom. The number of carbonyl (C=O) groups is 1. The van der Waals surface area contributed by atoms with Gasteiger partial charge in [-0.15, -0.1) is 0 Å². The molecule has 2 saturated heterocycles. The number of nitrogens with zero attached hydrogens (tertiary/aromatic N) is 3. The first-order valence-electron chi connectivity index (χ1n) is 9.65. The fourth-order valence-corrected chi connectivity index (χ4v) is 6.89. The van der Waals surface area contributed by atoms with Crippen LogP contribution in [-0.4, -0.2) is 94.3 Å². The number of hydrogen-bond donors (Lipinski definition) is 0. The molecule has 2 unspecified atom stereocenters. The van der Waals surface area contributed by atoms with E-state index in [9.17, 15) is 21.6 Å². The van der Waals surface area contributed by atoms with Crippen molar-refractivity contribution in [3.63, 3.8) is 0 Å². The SMILES string of the molecule is COC(=O)c1cccc(S(=O)(=O)N2CCN(S(=O)(=O)N3CC(C)OC(C)C3)CC2)c1. The number of benzene rings is 1. The van der Waals surface area contributed by atoms with Crippen LogP contribution in [0.1, 0.15) is 24.2 Å². The van der Waals surface area contributed by atoms with Gasteiger partial charge in [-0.2, -0.15) is 21.3 Å². The molecular weight excluding hydrogens is 434 g/mol. The van der Waals surface area contributed by atoms with Crippen molar-refractivity contribution < 1.29 is 31.1 Å². The first kappa shape index (κ1) is 23.1. The number of methoxy groups -OCH3 is 1. The van der Waals surface area contributed by atoms with E-state index >= 15 is 0 Å². The lowest BCUT2D eigenvalue weighted by Gasteiger charge is -2.40. The van der Waals surface area contributed by atoms with Crippen LogP contribution in [0, 0.1) is 0 Å². The first-order valence-corrected chi connectivity index (χ1v) is 12.5. The predicted octanol–water partition coefficient (Wildman–Crippen LogP) is 0.134. The van der Waals surface area contributed by atoms with E-state index in [0.717, 1.165) is 0 Å². The van der Waals surface area contributed by atoms with Gasteiger partial charge in [-0.3, -0.25) is 0 Å². The number of hydrogen-bond acceptors (Lipinski definition) is 7. The van der Waals surface area contributed by atoms with Crippen LogP contribution in [0.2, 0.25) is 0 Å². The number of morpholine rings is 1. The van der Waals surface area contributed by atoms with Gasteiger partial charge >= 0.3 is 5.97 Å². The van der Waals surface area contributed by atoms with Crippen LogP contribution < -0.4 is 0 Å². The molecule has 1 aromatic carbocycles. The minimum atomic E-state index is -3.87. The van der Waals surface area contributed by atoms with Gasteiger partial charge in [-0.05, 0) is 32.0 Å². The van der Waals surface area contributed by atoms with Crippen molar-refractivity contribution in [3.8, 4) is 0 Å². The molecule has 0 spiro atoms. The lowest BCUT2D eigenvalue weighted by molar-refractivity contribution is -0.0456. The number of esters is 1. The zero-order valence-corrected chi connectivity index (χ0v) is 18.9. The lowest BCUT2D eigenvalue weighted by Crippen LogP contribution is -2.57. The first-order chi connectivity index (χ1) is 14.1. The standard InChI is InChI=1S/C18H27N3O7S2/c1-14-12-21(13-15(2)28-14)30(25,26)20-9-7-19(8-10-20)29(23,24)17-6-4-5-16(11-17)18(22)27-3/h4-6,11,14-15H,7-10,12-13H2,1-3H3. The monoisotopic (exact) mass is 461 g/mol. The molecule has 1 aromatic rings. The molecule has 2 aliphatic heterocycles. The molecule has 2 atom stereocenters. The molecule has 0 amide bonds. The van der Waals surface area contributed by atoms with E-state index in [1.165, 1.54) is 44.3 Å². The summed E-state index contributed by atoms with van der Waals surface area (Å²) >= 11 is 0. The van der Waals surface area contributed by atoms with Crippen molar-refractivity contribution in [1.29, 1.82) is 0 Å². The number of carbonyl (C=O) groups excluding carboxylic acids is 1. The van der Waals surface area contributed by atoms with Crippen molar-refractivity contribution >= 4 is 26.2 Å². The molecule has 0 saturated carbocycles. The maximum absolute atomic E-state index is 13.0. The Hall–Kier alpha value is -1.57. The molecular formula is C18H27N3O7S2. The summed E-state index contributed by atoms with van der Waals surface area (Å²) in [5.74, 6) is -0.628. The maximum Gasteiger partial charge on any atom is 0.337 e. The summed E-state index contributed by atoms with van der Waals surface area (Å²) in [7, 11) is -6.35. The van der Waals surface area contributed by atoms with Crippen molar-refractivity contribution in [2.24, 2.45) is 0 Å². The topological polar surface area (TPSA) is 114 Å². The molecule has 0 N–H and O–H groups in total. The van der Waals surface area contributed by atoms with Gasteiger partial charge in [-0.25, -0.2) is 13.2 Å². The van der Waals surface area contributed by atoms with Crippen LogP contribution in [-0.2, 0) is 29.7 Å². The molecule has 2 aliphatic rings. The average molecular weight is 462 g/mol. The zero-order chi connectivity index (χ0) is 22.1. The van der Waals surface area contributed by atoms with Crippen LogP contribution >= 0.6 is 0 Å². The highest BCUT2D eigenvalue weighted by Crippen LogP contribution is 2.22. The molecule has 0 bridgehead atoms. The molecule has 2 heterocycles. The second-order valence-electron chi connectivity index (χ2n) is 7.40. The molecule has 12 heteroatoms. The number of rotatable bonds is 5. The van der Waals surface area contributed by atoms with Gasteiger partial charge in [0, 0.05) is 39.3 Å². The van der Waals surface area contributed by atoms with E-state index in [1.54, 1.807) is 0 Å². The highest BCUT2D eigenvalue weighted by Gasteiger charge is 2.38. The van der Waals surface area contributed by atoms with E-state index in [-0.39, 0.29) is 61.9 Å². The Bertz CT molecular complexity index is 979. The zero-order valence-electron chi connectivity index (χ0n) is 17.2. The van der Waals surface area contributed by atoms with Crippen LogP contribution in [0.5, 0.6) is 0 Å². The minimum absolute atomic E-state index is 0.0272. The van der Waals surface area contributed by atoms with E-state index in [4.69, 9.17) is 4.74 Å². The summed E-state index contributed by atoms with van der Waals surface area (Å²) in [6, 6.07) is 5.61. The van der Waals surface area contributed by atoms with Crippen molar-refractivity contribution in [2.75, 3.05) is 46.4 Å². The second kappa shape index (κ2) is 8.89. The smallest absolute Gasteiger partial charge is 0.337 e.